The van der Waals surface area contributed by atoms with Gasteiger partial charge in [0.05, 0.1) is 5.76 Å². The zero-order valence-electron chi connectivity index (χ0n) is 22.3. The van der Waals surface area contributed by atoms with Crippen LogP contribution < -0.4 is 5.82 Å². The van der Waals surface area contributed by atoms with E-state index in [0.717, 1.165) is 35.1 Å². The van der Waals surface area contributed by atoms with Gasteiger partial charge in [-0.3, -0.25) is 4.57 Å². The second kappa shape index (κ2) is 10.4. The van der Waals surface area contributed by atoms with E-state index < -0.39 is 18.6 Å². The molecule has 1 aliphatic carbocycles. The van der Waals surface area contributed by atoms with Crippen LogP contribution in [0.1, 0.15) is 81.2 Å². The fourth-order valence-electron chi connectivity index (χ4n) is 4.67. The first-order chi connectivity index (χ1) is 16.2. The Morgan fingerprint density at radius 1 is 1.11 bits per heavy atom. The average molecular weight is 503 g/mol. The van der Waals surface area contributed by atoms with Gasteiger partial charge >= 0.3 is 5.82 Å². The van der Waals surface area contributed by atoms with Gasteiger partial charge in [0, 0.05) is 24.7 Å². The van der Waals surface area contributed by atoms with Crippen molar-refractivity contribution in [2.45, 2.75) is 85.9 Å². The minimum Gasteiger partial charge on any atom is -0.512 e. The van der Waals surface area contributed by atoms with E-state index in [1.165, 1.54) is 11.1 Å². The Kier molecular flexibility index (Phi) is 8.08. The molecular weight excluding hydrogens is 463 g/mol. The zero-order valence-corrected chi connectivity index (χ0v) is 23.2. The number of hydrogen-bond acceptors (Lipinski definition) is 6. The maximum atomic E-state index is 13.3. The molecule has 0 radical (unpaired) electrons. The van der Waals surface area contributed by atoms with Crippen molar-refractivity contribution in [1.82, 2.24) is 0 Å². The maximum Gasteiger partial charge on any atom is 0.519 e. The van der Waals surface area contributed by atoms with Crippen LogP contribution in [-0.2, 0) is 33.7 Å². The molecule has 3 rings (SSSR count). The maximum absolute atomic E-state index is 13.3. The lowest BCUT2D eigenvalue weighted by atomic mass is 9.86. The Hall–Kier alpha value is -2.30. The van der Waals surface area contributed by atoms with Crippen molar-refractivity contribution in [2.75, 3.05) is 6.66 Å². The number of benzene rings is 1. The number of aryl methyl sites for hydroxylation is 2. The van der Waals surface area contributed by atoms with Crippen LogP contribution in [0.3, 0.4) is 0 Å². The highest BCUT2D eigenvalue weighted by Gasteiger charge is 2.28. The Balaban J connectivity index is 1.74. The molecule has 1 aromatic carbocycles. The van der Waals surface area contributed by atoms with Gasteiger partial charge in [0.2, 0.25) is 7.37 Å². The summed E-state index contributed by atoms with van der Waals surface area (Å²) in [6.07, 6.45) is 4.85. The summed E-state index contributed by atoms with van der Waals surface area (Å²) in [7, 11) is -3.01. The summed E-state index contributed by atoms with van der Waals surface area (Å²) in [6.45, 7) is 15.6. The van der Waals surface area contributed by atoms with Gasteiger partial charge in [-0.1, -0.05) is 58.4 Å². The fraction of sp³-hybridized carbons (Fsp3) is 0.536. The van der Waals surface area contributed by atoms with E-state index >= 15 is 0 Å². The molecule has 0 bridgehead atoms. The van der Waals surface area contributed by atoms with E-state index in [4.69, 9.17) is 13.4 Å². The summed E-state index contributed by atoms with van der Waals surface area (Å²) in [4.78, 5) is 11.6. The highest BCUT2D eigenvalue weighted by atomic mass is 31.2. The first-order valence-corrected chi connectivity index (χ1v) is 14.5. The first-order valence-electron chi connectivity index (χ1n) is 12.2. The Labute approximate surface area is 208 Å². The molecule has 1 heterocycles. The fourth-order valence-corrected chi connectivity index (χ4v) is 5.99. The third kappa shape index (κ3) is 6.89. The molecule has 0 amide bonds. The number of rotatable bonds is 8. The molecule has 0 aliphatic heterocycles. The van der Waals surface area contributed by atoms with Crippen LogP contribution in [0, 0.1) is 19.8 Å². The molecule has 0 spiro atoms. The van der Waals surface area contributed by atoms with Crippen molar-refractivity contribution in [3.05, 3.63) is 79.5 Å². The van der Waals surface area contributed by atoms with Crippen LogP contribution in [0.2, 0.25) is 0 Å². The van der Waals surface area contributed by atoms with Gasteiger partial charge in [-0.15, -0.1) is 0 Å². The highest BCUT2D eigenvalue weighted by molar-refractivity contribution is 7.57. The molecule has 35 heavy (non-hydrogen) atoms. The largest absolute Gasteiger partial charge is 0.519 e. The lowest BCUT2D eigenvalue weighted by Gasteiger charge is -2.21. The standard InChI is InChI=1S/C28H39O6P/c1-17(2)22-13-20(9-10-24(22)29)14-23-18(3)11-21(12-19(23)4)16-35(8,31)32-15-25-26(28(5,6)7)34-27(30)33-25/h11-13,17,29H,9-10,14-16H2,1-8H3. The molecule has 1 aliphatic rings. The van der Waals surface area contributed by atoms with Crippen LogP contribution in [0.25, 0.3) is 0 Å². The van der Waals surface area contributed by atoms with E-state index in [2.05, 4.69) is 45.9 Å². The van der Waals surface area contributed by atoms with E-state index in [0.29, 0.717) is 30.0 Å². The Morgan fingerprint density at radius 3 is 2.31 bits per heavy atom. The van der Waals surface area contributed by atoms with Crippen LogP contribution in [0.5, 0.6) is 0 Å². The molecule has 1 atom stereocenters. The number of allylic oxidation sites excluding steroid dienone is 4. The molecule has 6 nitrogen and oxygen atoms in total. The quantitative estimate of drug-likeness (QED) is 0.376. The van der Waals surface area contributed by atoms with Gasteiger partial charge in [0.1, 0.15) is 6.61 Å². The van der Waals surface area contributed by atoms with Crippen molar-refractivity contribution in [3.63, 3.8) is 0 Å². The predicted molar refractivity (Wildman–Crippen MR) is 139 cm³/mol. The summed E-state index contributed by atoms with van der Waals surface area (Å²) in [5.41, 5.74) is 6.47. The smallest absolute Gasteiger partial charge is 0.512 e. The topological polar surface area (TPSA) is 89.9 Å². The average Bonchev–Trinajstić information content (AvgIpc) is 3.11. The molecule has 1 unspecified atom stereocenters. The summed E-state index contributed by atoms with van der Waals surface area (Å²) in [5.74, 6) is 0.729. The third-order valence-electron chi connectivity index (χ3n) is 6.42. The van der Waals surface area contributed by atoms with E-state index in [9.17, 15) is 14.5 Å². The minimum atomic E-state index is -3.01. The van der Waals surface area contributed by atoms with Crippen LogP contribution in [-0.4, -0.2) is 11.8 Å². The van der Waals surface area contributed by atoms with Crippen molar-refractivity contribution in [1.29, 1.82) is 0 Å². The van der Waals surface area contributed by atoms with E-state index in [1.54, 1.807) is 6.66 Å². The Morgan fingerprint density at radius 2 is 1.74 bits per heavy atom. The normalized spacial score (nSPS) is 16.5. The minimum absolute atomic E-state index is 0.0745. The number of hydrogen-bond donors (Lipinski definition) is 1. The van der Waals surface area contributed by atoms with Gasteiger partial charge in [-0.2, -0.15) is 0 Å². The summed E-state index contributed by atoms with van der Waals surface area (Å²) < 4.78 is 29.4. The van der Waals surface area contributed by atoms with Gasteiger partial charge in [0.15, 0.2) is 11.5 Å². The molecule has 1 aromatic heterocycles. The van der Waals surface area contributed by atoms with Crippen LogP contribution >= 0.6 is 7.37 Å². The summed E-state index contributed by atoms with van der Waals surface area (Å²) >= 11 is 0. The molecule has 2 aromatic rings. The molecule has 0 saturated heterocycles. The zero-order chi connectivity index (χ0) is 26.1. The molecular formula is C28H39O6P. The number of aliphatic hydroxyl groups is 1. The van der Waals surface area contributed by atoms with Gasteiger partial charge < -0.3 is 18.5 Å². The predicted octanol–water partition coefficient (Wildman–Crippen LogP) is 7.50. The van der Waals surface area contributed by atoms with Gasteiger partial charge in [-0.25, -0.2) is 4.79 Å². The lowest BCUT2D eigenvalue weighted by Crippen LogP contribution is -2.13. The van der Waals surface area contributed by atoms with Crippen molar-refractivity contribution < 1.29 is 23.0 Å². The SMILES string of the molecule is Cc1cc(CP(C)(=O)OCc2oc(=O)oc2C(C)(C)C)cc(C)c1CC1=CC(C(C)C)=C(O)CC1. The van der Waals surface area contributed by atoms with Gasteiger partial charge in [-0.05, 0) is 60.4 Å². The van der Waals surface area contributed by atoms with Crippen molar-refractivity contribution in [2.24, 2.45) is 5.92 Å². The highest BCUT2D eigenvalue weighted by Crippen LogP contribution is 2.48. The van der Waals surface area contributed by atoms with E-state index in [-0.39, 0.29) is 12.4 Å². The third-order valence-corrected chi connectivity index (χ3v) is 8.04. The van der Waals surface area contributed by atoms with Crippen LogP contribution in [0.4, 0.5) is 0 Å². The summed E-state index contributed by atoms with van der Waals surface area (Å²) in [6, 6.07) is 4.17. The number of aliphatic hydroxyl groups excluding tert-OH is 1. The van der Waals surface area contributed by atoms with Crippen molar-refractivity contribution >= 4 is 7.37 Å². The first kappa shape index (κ1) is 27.3. The second-order valence-electron chi connectivity index (χ2n) is 11.1. The molecule has 0 fully saturated rings. The molecule has 0 saturated carbocycles. The lowest BCUT2D eigenvalue weighted by molar-refractivity contribution is 0.263. The molecule has 1 N–H and O–H groups in total. The van der Waals surface area contributed by atoms with E-state index in [1.807, 2.05) is 20.8 Å². The monoisotopic (exact) mass is 502 g/mol. The van der Waals surface area contributed by atoms with Gasteiger partial charge in [0.25, 0.3) is 0 Å². The molecule has 7 heteroatoms. The van der Waals surface area contributed by atoms with Crippen LogP contribution in [0.15, 0.2) is 48.7 Å². The summed E-state index contributed by atoms with van der Waals surface area (Å²) in [5, 5.41) is 10.2. The van der Waals surface area contributed by atoms with Crippen molar-refractivity contribution in [3.8, 4) is 0 Å². The second-order valence-corrected chi connectivity index (χ2v) is 13.7. The molecule has 192 valence electrons. The Bertz CT molecular complexity index is 1230.